The first-order chi connectivity index (χ1) is 31.2. The molecule has 0 aromatic heterocycles. The third kappa shape index (κ3) is 23.1. The number of nitrogens with one attached hydrogen (secondary N) is 9. The molecule has 382 valence electrons. The molecule has 0 aromatic carbocycles. The van der Waals surface area contributed by atoms with Gasteiger partial charge in [-0.15, -0.1) is 0 Å². The van der Waals surface area contributed by atoms with Crippen molar-refractivity contribution in [2.24, 2.45) is 23.3 Å². The molecule has 0 aliphatic rings. The summed E-state index contributed by atoms with van der Waals surface area (Å²) in [7, 11) is 0. The molecule has 67 heavy (non-hydrogen) atoms. The van der Waals surface area contributed by atoms with Gasteiger partial charge < -0.3 is 84.9 Å². The van der Waals surface area contributed by atoms with Gasteiger partial charge >= 0.3 is 5.97 Å². The van der Waals surface area contributed by atoms with Crippen LogP contribution in [0.1, 0.15) is 67.2 Å². The zero-order valence-corrected chi connectivity index (χ0v) is 39.4. The maximum absolute atomic E-state index is 13.3. The second-order valence-corrected chi connectivity index (χ2v) is 17.2. The summed E-state index contributed by atoms with van der Waals surface area (Å²) in [6, 6.07) is -13.5. The molecule has 0 aliphatic carbocycles. The van der Waals surface area contributed by atoms with Gasteiger partial charge in [0.1, 0.15) is 48.3 Å². The average molecular weight is 980 g/mol. The molecular formula is C39H69N11O16S. The number of amides is 10. The fraction of sp³-hybridized carbons (Fsp3) is 0.718. The Balaban J connectivity index is 5.59. The van der Waals surface area contributed by atoms with Gasteiger partial charge in [-0.25, -0.2) is 4.79 Å². The van der Waals surface area contributed by atoms with Gasteiger partial charge in [0.2, 0.25) is 59.1 Å². The number of aliphatic carboxylic acids is 1. The van der Waals surface area contributed by atoms with Gasteiger partial charge in [-0.1, -0.05) is 27.7 Å². The number of aliphatic hydroxyl groups excluding tert-OH is 4. The minimum Gasteiger partial charge on any atom is -0.480 e. The minimum atomic E-state index is -1.87. The van der Waals surface area contributed by atoms with Crippen molar-refractivity contribution >= 4 is 76.8 Å². The molecule has 0 aromatic rings. The smallest absolute Gasteiger partial charge is 0.326 e. The molecule has 0 rings (SSSR count). The molecule has 0 saturated carbocycles. The first kappa shape index (κ1) is 61.3. The molecule has 0 bridgehead atoms. The molecule has 0 aliphatic heterocycles. The van der Waals surface area contributed by atoms with Crippen LogP contribution in [0, 0.1) is 11.8 Å². The summed E-state index contributed by atoms with van der Waals surface area (Å²) >= 11 is 1.50. The minimum absolute atomic E-state index is 0.0349. The van der Waals surface area contributed by atoms with E-state index in [-0.39, 0.29) is 12.3 Å². The molecule has 10 atom stereocenters. The molecule has 18 N–H and O–H groups in total. The molecule has 28 heteroatoms. The number of carboxylic acid groups (broad SMARTS) is 1. The highest BCUT2D eigenvalue weighted by Crippen LogP contribution is 2.08. The summed E-state index contributed by atoms with van der Waals surface area (Å²) in [5.74, 6) is -11.4. The first-order valence-electron chi connectivity index (χ1n) is 21.2. The predicted octanol–water partition coefficient (Wildman–Crippen LogP) is -7.51. The lowest BCUT2D eigenvalue weighted by atomic mass is 10.0. The number of aliphatic hydroxyl groups is 4. The van der Waals surface area contributed by atoms with Crippen LogP contribution in [0.2, 0.25) is 0 Å². The standard InChI is InChI=1S/C39H69N11O16S/c1-17(2)12-23(46-32(58)21(40)10-11-67-7)33(59)42-13-28(56)44-24(14-51)34(60)43-19(5)31(57)49-29(18(3)4)37(63)48-25(15-52)35(61)47-26(16-53)36(62)50-30(20(6)54)38(64)45-22(39(65)66)8-9-27(41)55/h17-26,29-30,51-54H,8-16,40H2,1-7H3,(H2,41,55)(H,42,59)(H,43,60)(H,44,56)(H,45,64)(H,46,58)(H,47,61)(H,48,63)(H,49,57)(H,50,62)(H,65,66)/t19-,20+,21-,22-,23-,24-,25-,26-,29-,30-/m0/s1. The number of hydrogen-bond donors (Lipinski definition) is 16. The van der Waals surface area contributed by atoms with Crippen LogP contribution in [0.3, 0.4) is 0 Å². The molecule has 0 radical (unpaired) electrons. The van der Waals surface area contributed by atoms with Gasteiger partial charge in [-0.3, -0.25) is 47.9 Å². The van der Waals surface area contributed by atoms with Crippen molar-refractivity contribution < 1.29 is 78.3 Å². The highest BCUT2D eigenvalue weighted by molar-refractivity contribution is 7.98. The van der Waals surface area contributed by atoms with E-state index in [1.807, 2.05) is 25.4 Å². The maximum atomic E-state index is 13.3. The highest BCUT2D eigenvalue weighted by atomic mass is 32.2. The van der Waals surface area contributed by atoms with Gasteiger partial charge in [0, 0.05) is 6.42 Å². The summed E-state index contributed by atoms with van der Waals surface area (Å²) in [5, 5.41) is 69.4. The lowest BCUT2D eigenvalue weighted by molar-refractivity contribution is -0.143. The largest absolute Gasteiger partial charge is 0.480 e. The van der Waals surface area contributed by atoms with Crippen LogP contribution in [0.15, 0.2) is 0 Å². The molecule has 0 unspecified atom stereocenters. The number of carbonyl (C=O) groups is 11. The fourth-order valence-electron chi connectivity index (χ4n) is 5.67. The Bertz CT molecular complexity index is 1720. The van der Waals surface area contributed by atoms with Gasteiger partial charge in [0.25, 0.3) is 0 Å². The van der Waals surface area contributed by atoms with Gasteiger partial charge in [0.05, 0.1) is 38.5 Å². The van der Waals surface area contributed by atoms with Crippen LogP contribution in [-0.2, 0) is 52.7 Å². The van der Waals surface area contributed by atoms with E-state index in [1.54, 1.807) is 0 Å². The summed E-state index contributed by atoms with van der Waals surface area (Å²) in [6.07, 6.45) is -0.0558. The van der Waals surface area contributed by atoms with E-state index in [1.165, 1.54) is 32.5 Å². The van der Waals surface area contributed by atoms with E-state index in [4.69, 9.17) is 11.5 Å². The third-order valence-electron chi connectivity index (χ3n) is 9.55. The lowest BCUT2D eigenvalue weighted by Gasteiger charge is -2.28. The third-order valence-corrected chi connectivity index (χ3v) is 10.2. The Labute approximate surface area is 391 Å². The normalized spacial score (nSPS) is 15.6. The van der Waals surface area contributed by atoms with Crippen LogP contribution in [0.25, 0.3) is 0 Å². The Kier molecular flexibility index (Phi) is 28.7. The molecule has 10 amide bonds. The zero-order valence-electron chi connectivity index (χ0n) is 38.6. The summed E-state index contributed by atoms with van der Waals surface area (Å²) in [6.45, 7) is 5.10. The maximum Gasteiger partial charge on any atom is 0.326 e. The van der Waals surface area contributed by atoms with E-state index in [2.05, 4.69) is 42.5 Å². The van der Waals surface area contributed by atoms with Crippen molar-refractivity contribution in [1.82, 2.24) is 47.9 Å². The van der Waals surface area contributed by atoms with E-state index >= 15 is 0 Å². The number of nitrogens with two attached hydrogens (primary N) is 2. The fourth-order valence-corrected chi connectivity index (χ4v) is 6.16. The first-order valence-corrected chi connectivity index (χ1v) is 22.6. The van der Waals surface area contributed by atoms with Crippen molar-refractivity contribution in [3.05, 3.63) is 0 Å². The van der Waals surface area contributed by atoms with E-state index < -0.39 is 171 Å². The summed E-state index contributed by atoms with van der Waals surface area (Å²) in [5.41, 5.74) is 10.9. The van der Waals surface area contributed by atoms with Crippen molar-refractivity contribution in [3.8, 4) is 0 Å². The zero-order chi connectivity index (χ0) is 51.7. The monoisotopic (exact) mass is 979 g/mol. The topological polar surface area (TPSA) is 449 Å². The molecule has 27 nitrogen and oxygen atoms in total. The number of hydrogen-bond acceptors (Lipinski definition) is 17. The molecular weight excluding hydrogens is 911 g/mol. The number of rotatable bonds is 32. The van der Waals surface area contributed by atoms with E-state index in [0.717, 1.165) is 6.92 Å². The number of primary amides is 1. The number of carbonyl (C=O) groups excluding carboxylic acids is 10. The van der Waals surface area contributed by atoms with Crippen LogP contribution >= 0.6 is 11.8 Å². The van der Waals surface area contributed by atoms with Crippen LogP contribution in [-0.4, -0.2) is 189 Å². The predicted molar refractivity (Wildman–Crippen MR) is 238 cm³/mol. The van der Waals surface area contributed by atoms with Crippen molar-refractivity contribution in [2.75, 3.05) is 38.4 Å². The lowest BCUT2D eigenvalue weighted by Crippen LogP contribution is -2.62. The Morgan fingerprint density at radius 2 is 1.01 bits per heavy atom. The highest BCUT2D eigenvalue weighted by Gasteiger charge is 2.35. The second kappa shape index (κ2) is 31.3. The van der Waals surface area contributed by atoms with Gasteiger partial charge in [-0.05, 0) is 57.0 Å². The second-order valence-electron chi connectivity index (χ2n) is 16.2. The van der Waals surface area contributed by atoms with Crippen LogP contribution in [0.5, 0.6) is 0 Å². The average Bonchev–Trinajstić information content (AvgIpc) is 3.25. The summed E-state index contributed by atoms with van der Waals surface area (Å²) < 4.78 is 0. The number of carboxylic acids is 1. The van der Waals surface area contributed by atoms with E-state index in [0.29, 0.717) is 12.2 Å². The quantitative estimate of drug-likeness (QED) is 0.0298. The SMILES string of the molecule is CSCC[C@H](N)C(=O)N[C@@H](CC(C)C)C(=O)NCC(=O)N[C@@H](CO)C(=O)N[C@@H](C)C(=O)N[C@H](C(=O)N[C@@H](CO)C(=O)N[C@@H](CO)C(=O)N[C@H](C(=O)N[C@@H](CCC(N)=O)C(=O)O)[C@@H](C)O)C(C)C. The molecule has 0 heterocycles. The number of thioether (sulfide) groups is 1. The molecule has 0 fully saturated rings. The van der Waals surface area contributed by atoms with E-state index in [9.17, 15) is 78.3 Å². The van der Waals surface area contributed by atoms with Crippen LogP contribution < -0.4 is 59.3 Å². The van der Waals surface area contributed by atoms with Crippen molar-refractivity contribution in [1.29, 1.82) is 0 Å². The summed E-state index contributed by atoms with van der Waals surface area (Å²) in [4.78, 5) is 139. The van der Waals surface area contributed by atoms with Gasteiger partial charge in [0.15, 0.2) is 0 Å². The molecule has 0 saturated heterocycles. The molecule has 0 spiro atoms. The Morgan fingerprint density at radius 3 is 1.49 bits per heavy atom. The Hall–Kier alpha value is -5.68. The van der Waals surface area contributed by atoms with Crippen molar-refractivity contribution in [2.45, 2.75) is 128 Å². The Morgan fingerprint density at radius 1 is 0.552 bits per heavy atom. The van der Waals surface area contributed by atoms with Gasteiger partial charge in [-0.2, -0.15) is 11.8 Å². The van der Waals surface area contributed by atoms with Crippen molar-refractivity contribution in [3.63, 3.8) is 0 Å². The van der Waals surface area contributed by atoms with Crippen LogP contribution in [0.4, 0.5) is 0 Å².